The summed E-state index contributed by atoms with van der Waals surface area (Å²) in [5, 5.41) is 12.4. The van der Waals surface area contributed by atoms with Crippen molar-refractivity contribution in [2.24, 2.45) is 0 Å². The first-order valence-corrected chi connectivity index (χ1v) is 8.66. The number of hydrogen-bond donors (Lipinski definition) is 3. The average molecular weight is 370 g/mol. The van der Waals surface area contributed by atoms with Crippen LogP contribution in [0.1, 0.15) is 34.0 Å². The van der Waals surface area contributed by atoms with Crippen LogP contribution in [0, 0.1) is 0 Å². The summed E-state index contributed by atoms with van der Waals surface area (Å²) in [4.78, 5) is 12.0. The van der Waals surface area contributed by atoms with E-state index < -0.39 is 0 Å². The molecule has 0 spiro atoms. The number of carbonyl (C=O) groups excluding carboxylic acids is 1. The lowest BCUT2D eigenvalue weighted by Crippen LogP contribution is -2.22. The molecule has 0 aliphatic heterocycles. The van der Waals surface area contributed by atoms with E-state index >= 15 is 0 Å². The van der Waals surface area contributed by atoms with Gasteiger partial charge in [-0.2, -0.15) is 0 Å². The number of nitrogen functional groups attached to an aromatic ring is 1. The fraction of sp³-hybridized carbons (Fsp3) is 0.286. The number of rotatable bonds is 8. The van der Waals surface area contributed by atoms with E-state index in [1.165, 1.54) is 0 Å². The molecule has 2 aromatic rings. The van der Waals surface area contributed by atoms with E-state index in [2.05, 4.69) is 11.9 Å². The second-order valence-electron chi connectivity index (χ2n) is 6.17. The SMILES string of the molecule is C=C(O)Cc1cc(OC)c(OC)cc1Cc1ccc(C(=O)NCC)cc1N. The maximum Gasteiger partial charge on any atom is 0.251 e. The van der Waals surface area contributed by atoms with Gasteiger partial charge in [-0.3, -0.25) is 4.79 Å². The number of amides is 1. The fourth-order valence-electron chi connectivity index (χ4n) is 2.88. The minimum Gasteiger partial charge on any atom is -0.513 e. The summed E-state index contributed by atoms with van der Waals surface area (Å²) in [7, 11) is 3.13. The Kier molecular flexibility index (Phi) is 6.71. The number of nitrogens with one attached hydrogen (secondary N) is 1. The normalized spacial score (nSPS) is 10.3. The van der Waals surface area contributed by atoms with Gasteiger partial charge < -0.3 is 25.6 Å². The lowest BCUT2D eigenvalue weighted by Gasteiger charge is -2.16. The number of hydrogen-bond acceptors (Lipinski definition) is 5. The first-order valence-electron chi connectivity index (χ1n) is 8.66. The van der Waals surface area contributed by atoms with Crippen molar-refractivity contribution >= 4 is 11.6 Å². The van der Waals surface area contributed by atoms with Gasteiger partial charge in [0.1, 0.15) is 0 Å². The van der Waals surface area contributed by atoms with Crippen LogP contribution in [-0.4, -0.2) is 31.8 Å². The van der Waals surface area contributed by atoms with Crippen molar-refractivity contribution in [3.05, 3.63) is 64.9 Å². The van der Waals surface area contributed by atoms with Gasteiger partial charge in [-0.05, 0) is 54.3 Å². The molecule has 0 aliphatic rings. The molecule has 4 N–H and O–H groups in total. The zero-order chi connectivity index (χ0) is 20.0. The average Bonchev–Trinajstić information content (AvgIpc) is 2.63. The molecule has 2 rings (SSSR count). The van der Waals surface area contributed by atoms with E-state index in [0.29, 0.717) is 42.1 Å². The second-order valence-corrected chi connectivity index (χ2v) is 6.17. The molecule has 0 aliphatic carbocycles. The van der Waals surface area contributed by atoms with Gasteiger partial charge in [0.15, 0.2) is 11.5 Å². The second kappa shape index (κ2) is 8.98. The Morgan fingerprint density at radius 3 is 2.26 bits per heavy atom. The van der Waals surface area contributed by atoms with Crippen molar-refractivity contribution in [2.45, 2.75) is 19.8 Å². The Morgan fingerprint density at radius 2 is 1.74 bits per heavy atom. The molecule has 0 bridgehead atoms. The summed E-state index contributed by atoms with van der Waals surface area (Å²) in [5.74, 6) is 1.08. The standard InChI is InChI=1S/C21H26N2O4/c1-5-23-21(25)15-7-6-14(18(22)10-15)9-17-12-20(27-4)19(26-3)11-16(17)8-13(2)24/h6-7,10-12,24H,2,5,8-9,22H2,1,3-4H3,(H,23,25). The molecular formula is C21H26N2O4. The monoisotopic (exact) mass is 370 g/mol. The predicted octanol–water partition coefficient (Wildman–Crippen LogP) is 3.24. The van der Waals surface area contributed by atoms with E-state index in [-0.39, 0.29) is 11.7 Å². The van der Waals surface area contributed by atoms with Crippen molar-refractivity contribution in [1.82, 2.24) is 5.32 Å². The molecule has 0 atom stereocenters. The Labute approximate surface area is 159 Å². The van der Waals surface area contributed by atoms with Gasteiger partial charge in [-0.15, -0.1) is 0 Å². The number of nitrogens with two attached hydrogens (primary N) is 1. The van der Waals surface area contributed by atoms with Crippen LogP contribution >= 0.6 is 0 Å². The first-order chi connectivity index (χ1) is 12.9. The van der Waals surface area contributed by atoms with E-state index in [9.17, 15) is 9.90 Å². The number of aliphatic hydroxyl groups excluding tert-OH is 1. The molecule has 27 heavy (non-hydrogen) atoms. The zero-order valence-corrected chi connectivity index (χ0v) is 16.0. The summed E-state index contributed by atoms with van der Waals surface area (Å²) in [6.07, 6.45) is 0.817. The van der Waals surface area contributed by atoms with E-state index in [1.54, 1.807) is 26.4 Å². The summed E-state index contributed by atoms with van der Waals surface area (Å²) < 4.78 is 10.7. The topological polar surface area (TPSA) is 93.8 Å². The van der Waals surface area contributed by atoms with Crippen LogP contribution in [0.2, 0.25) is 0 Å². The van der Waals surface area contributed by atoms with E-state index in [1.807, 2.05) is 25.1 Å². The summed E-state index contributed by atoms with van der Waals surface area (Å²) in [6.45, 7) is 6.00. The van der Waals surface area contributed by atoms with Crippen molar-refractivity contribution in [3.63, 3.8) is 0 Å². The number of ether oxygens (including phenoxy) is 2. The van der Waals surface area contributed by atoms with Gasteiger partial charge in [0, 0.05) is 24.2 Å². The summed E-state index contributed by atoms with van der Waals surface area (Å²) >= 11 is 0. The highest BCUT2D eigenvalue weighted by Crippen LogP contribution is 2.33. The quantitative estimate of drug-likeness (QED) is 0.490. The van der Waals surface area contributed by atoms with Gasteiger partial charge in [-0.25, -0.2) is 0 Å². The minimum absolute atomic E-state index is 0.0584. The van der Waals surface area contributed by atoms with Crippen LogP contribution in [0.3, 0.4) is 0 Å². The van der Waals surface area contributed by atoms with Gasteiger partial charge in [0.2, 0.25) is 0 Å². The van der Waals surface area contributed by atoms with Gasteiger partial charge in [-0.1, -0.05) is 12.6 Å². The van der Waals surface area contributed by atoms with Gasteiger partial charge >= 0.3 is 0 Å². The smallest absolute Gasteiger partial charge is 0.251 e. The van der Waals surface area contributed by atoms with Gasteiger partial charge in [0.25, 0.3) is 5.91 Å². The van der Waals surface area contributed by atoms with Crippen LogP contribution in [0.5, 0.6) is 11.5 Å². The Hall–Kier alpha value is -3.15. The molecule has 6 nitrogen and oxygen atoms in total. The number of benzene rings is 2. The number of aliphatic hydroxyl groups is 1. The molecule has 0 saturated heterocycles. The Balaban J connectivity index is 2.40. The van der Waals surface area contributed by atoms with Crippen molar-refractivity contribution in [2.75, 3.05) is 26.5 Å². The molecule has 0 heterocycles. The third-order valence-electron chi connectivity index (χ3n) is 4.23. The minimum atomic E-state index is -0.154. The molecule has 0 fully saturated rings. The molecule has 1 amide bonds. The van der Waals surface area contributed by atoms with Crippen molar-refractivity contribution < 1.29 is 19.4 Å². The number of allylic oxidation sites excluding steroid dienone is 1. The number of carbonyl (C=O) groups is 1. The Morgan fingerprint density at radius 1 is 1.11 bits per heavy atom. The van der Waals surface area contributed by atoms with Crippen LogP contribution in [0.4, 0.5) is 5.69 Å². The summed E-state index contributed by atoms with van der Waals surface area (Å²) in [5.41, 5.74) is 9.90. The van der Waals surface area contributed by atoms with Crippen LogP contribution in [-0.2, 0) is 12.8 Å². The third kappa shape index (κ3) is 4.94. The van der Waals surface area contributed by atoms with Crippen LogP contribution in [0.25, 0.3) is 0 Å². The molecule has 0 aromatic heterocycles. The maximum atomic E-state index is 12.0. The van der Waals surface area contributed by atoms with Crippen molar-refractivity contribution in [1.29, 1.82) is 0 Å². The van der Waals surface area contributed by atoms with E-state index in [4.69, 9.17) is 15.2 Å². The predicted molar refractivity (Wildman–Crippen MR) is 107 cm³/mol. The lowest BCUT2D eigenvalue weighted by atomic mass is 9.95. The van der Waals surface area contributed by atoms with Crippen LogP contribution in [0.15, 0.2) is 42.7 Å². The molecule has 0 saturated carbocycles. The largest absolute Gasteiger partial charge is 0.513 e. The summed E-state index contributed by atoms with van der Waals surface area (Å²) in [6, 6.07) is 8.96. The third-order valence-corrected chi connectivity index (χ3v) is 4.23. The zero-order valence-electron chi connectivity index (χ0n) is 16.0. The number of anilines is 1. The number of methoxy groups -OCH3 is 2. The molecule has 0 unspecified atom stereocenters. The molecule has 6 heteroatoms. The lowest BCUT2D eigenvalue weighted by molar-refractivity contribution is 0.0956. The highest BCUT2D eigenvalue weighted by molar-refractivity contribution is 5.95. The highest BCUT2D eigenvalue weighted by Gasteiger charge is 2.14. The van der Waals surface area contributed by atoms with Crippen LogP contribution < -0.4 is 20.5 Å². The van der Waals surface area contributed by atoms with E-state index in [0.717, 1.165) is 16.7 Å². The molecule has 0 radical (unpaired) electrons. The molecular weight excluding hydrogens is 344 g/mol. The first kappa shape index (κ1) is 20.2. The fourth-order valence-corrected chi connectivity index (χ4v) is 2.88. The molecule has 2 aromatic carbocycles. The van der Waals surface area contributed by atoms with Gasteiger partial charge in [0.05, 0.1) is 20.0 Å². The van der Waals surface area contributed by atoms with Crippen molar-refractivity contribution in [3.8, 4) is 11.5 Å². The Bertz CT molecular complexity index is 846. The maximum absolute atomic E-state index is 12.0. The highest BCUT2D eigenvalue weighted by atomic mass is 16.5. The molecule has 144 valence electrons.